The average molecular weight is 267 g/mol. The van der Waals surface area contributed by atoms with E-state index < -0.39 is 5.97 Å². The van der Waals surface area contributed by atoms with Gasteiger partial charge in [-0.05, 0) is 28.1 Å². The molecule has 0 bridgehead atoms. The van der Waals surface area contributed by atoms with E-state index in [1.54, 1.807) is 12.3 Å². The standard InChI is InChI=1S/C10H7BrN2O2/c11-6-3-5-1-2-7(10(14)15)8(12)9(5)13-4-6/h1-4H,12H2,(H,14,15). The number of aromatic carboxylic acids is 1. The minimum absolute atomic E-state index is 0.0809. The van der Waals surface area contributed by atoms with Gasteiger partial charge in [0.2, 0.25) is 0 Å². The maximum Gasteiger partial charge on any atom is 0.337 e. The molecule has 0 spiro atoms. The average Bonchev–Trinajstić information content (AvgIpc) is 2.17. The van der Waals surface area contributed by atoms with Crippen LogP contribution in [0.1, 0.15) is 10.4 Å². The van der Waals surface area contributed by atoms with E-state index in [2.05, 4.69) is 20.9 Å². The highest BCUT2D eigenvalue weighted by atomic mass is 79.9. The molecule has 1 aromatic heterocycles. The Kier molecular flexibility index (Phi) is 2.32. The van der Waals surface area contributed by atoms with E-state index in [4.69, 9.17) is 10.8 Å². The molecule has 15 heavy (non-hydrogen) atoms. The molecule has 0 aliphatic rings. The van der Waals surface area contributed by atoms with Crippen molar-refractivity contribution in [2.75, 3.05) is 5.73 Å². The van der Waals surface area contributed by atoms with Gasteiger partial charge in [-0.25, -0.2) is 4.79 Å². The Morgan fingerprint density at radius 2 is 2.20 bits per heavy atom. The van der Waals surface area contributed by atoms with Gasteiger partial charge in [0, 0.05) is 16.1 Å². The number of nitrogens with zero attached hydrogens (tertiary/aromatic N) is 1. The molecule has 0 atom stereocenters. The fraction of sp³-hybridized carbons (Fsp3) is 0. The summed E-state index contributed by atoms with van der Waals surface area (Å²) in [6.45, 7) is 0. The van der Waals surface area contributed by atoms with Crippen molar-refractivity contribution >= 4 is 38.5 Å². The number of fused-ring (bicyclic) bond motifs is 1. The van der Waals surface area contributed by atoms with Crippen LogP contribution in [0.5, 0.6) is 0 Å². The van der Waals surface area contributed by atoms with Crippen LogP contribution in [0.25, 0.3) is 10.9 Å². The normalized spacial score (nSPS) is 10.5. The molecule has 5 heteroatoms. The first-order valence-electron chi connectivity index (χ1n) is 4.16. The second-order valence-corrected chi connectivity index (χ2v) is 3.97. The molecule has 76 valence electrons. The largest absolute Gasteiger partial charge is 0.478 e. The second-order valence-electron chi connectivity index (χ2n) is 3.06. The highest BCUT2D eigenvalue weighted by molar-refractivity contribution is 9.10. The molecule has 2 aromatic rings. The van der Waals surface area contributed by atoms with Crippen LogP contribution in [0, 0.1) is 0 Å². The Morgan fingerprint density at radius 3 is 2.87 bits per heavy atom. The Bertz CT molecular complexity index is 554. The number of carboxylic acids is 1. The van der Waals surface area contributed by atoms with Crippen molar-refractivity contribution in [3.05, 3.63) is 34.4 Å². The van der Waals surface area contributed by atoms with Crippen molar-refractivity contribution in [3.63, 3.8) is 0 Å². The van der Waals surface area contributed by atoms with Gasteiger partial charge >= 0.3 is 5.97 Å². The lowest BCUT2D eigenvalue weighted by atomic mass is 10.1. The van der Waals surface area contributed by atoms with Crippen LogP contribution >= 0.6 is 15.9 Å². The molecule has 0 aliphatic heterocycles. The lowest BCUT2D eigenvalue weighted by Gasteiger charge is -2.04. The van der Waals surface area contributed by atoms with E-state index in [1.807, 2.05) is 6.07 Å². The Labute approximate surface area is 93.9 Å². The van der Waals surface area contributed by atoms with Gasteiger partial charge in [0.25, 0.3) is 0 Å². The number of benzene rings is 1. The van der Waals surface area contributed by atoms with Crippen LogP contribution in [0.2, 0.25) is 0 Å². The van der Waals surface area contributed by atoms with E-state index in [-0.39, 0.29) is 11.3 Å². The molecule has 3 N–H and O–H groups in total. The molecular weight excluding hydrogens is 260 g/mol. The van der Waals surface area contributed by atoms with Crippen molar-refractivity contribution in [1.82, 2.24) is 4.98 Å². The van der Waals surface area contributed by atoms with Crippen LogP contribution in [0.4, 0.5) is 5.69 Å². The number of nitrogen functional groups attached to an aromatic ring is 1. The summed E-state index contributed by atoms with van der Waals surface area (Å²) in [6, 6.07) is 5.01. The first kappa shape index (κ1) is 9.92. The monoisotopic (exact) mass is 266 g/mol. The van der Waals surface area contributed by atoms with Crippen molar-refractivity contribution in [3.8, 4) is 0 Å². The Balaban J connectivity index is 2.80. The number of hydrogen-bond acceptors (Lipinski definition) is 3. The molecule has 1 heterocycles. The first-order chi connectivity index (χ1) is 7.09. The van der Waals surface area contributed by atoms with Crippen molar-refractivity contribution in [2.24, 2.45) is 0 Å². The third kappa shape index (κ3) is 1.66. The fourth-order valence-corrected chi connectivity index (χ4v) is 1.73. The van der Waals surface area contributed by atoms with Crippen LogP contribution in [-0.2, 0) is 0 Å². The SMILES string of the molecule is Nc1c(C(=O)O)ccc2cc(Br)cnc12. The number of rotatable bonds is 1. The summed E-state index contributed by atoms with van der Waals surface area (Å²) in [5.41, 5.74) is 6.51. The Morgan fingerprint density at radius 1 is 1.47 bits per heavy atom. The number of carbonyl (C=O) groups is 1. The van der Waals surface area contributed by atoms with Gasteiger partial charge in [-0.3, -0.25) is 4.98 Å². The quantitative estimate of drug-likeness (QED) is 0.777. The van der Waals surface area contributed by atoms with Gasteiger partial charge in [-0.2, -0.15) is 0 Å². The Hall–Kier alpha value is -1.62. The topological polar surface area (TPSA) is 76.2 Å². The van der Waals surface area contributed by atoms with E-state index in [9.17, 15) is 4.79 Å². The molecule has 0 amide bonds. The summed E-state index contributed by atoms with van der Waals surface area (Å²) in [5.74, 6) is -1.04. The molecule has 0 aliphatic carbocycles. The van der Waals surface area contributed by atoms with Gasteiger partial charge in [0.1, 0.15) is 0 Å². The predicted octanol–water partition coefficient (Wildman–Crippen LogP) is 2.28. The van der Waals surface area contributed by atoms with Crippen LogP contribution < -0.4 is 5.73 Å². The third-order valence-corrected chi connectivity index (χ3v) is 2.52. The second kappa shape index (κ2) is 3.51. The number of halogens is 1. The summed E-state index contributed by atoms with van der Waals surface area (Å²) >= 11 is 3.28. The summed E-state index contributed by atoms with van der Waals surface area (Å²) in [7, 11) is 0. The highest BCUT2D eigenvalue weighted by Crippen LogP contribution is 2.25. The maximum absolute atomic E-state index is 10.8. The molecule has 0 fully saturated rings. The van der Waals surface area contributed by atoms with E-state index >= 15 is 0 Å². The van der Waals surface area contributed by atoms with Gasteiger partial charge in [-0.1, -0.05) is 6.07 Å². The zero-order valence-corrected chi connectivity index (χ0v) is 9.15. The van der Waals surface area contributed by atoms with Crippen LogP contribution in [0.15, 0.2) is 28.9 Å². The van der Waals surface area contributed by atoms with Gasteiger partial charge in [0.05, 0.1) is 16.8 Å². The molecule has 2 rings (SSSR count). The first-order valence-corrected chi connectivity index (χ1v) is 4.96. The molecule has 4 nitrogen and oxygen atoms in total. The number of pyridine rings is 1. The number of carboxylic acid groups (broad SMARTS) is 1. The van der Waals surface area contributed by atoms with E-state index in [0.29, 0.717) is 5.52 Å². The minimum atomic E-state index is -1.04. The summed E-state index contributed by atoms with van der Waals surface area (Å²) in [6.07, 6.45) is 1.59. The zero-order valence-electron chi connectivity index (χ0n) is 7.57. The fourth-order valence-electron chi connectivity index (χ4n) is 1.38. The number of hydrogen-bond donors (Lipinski definition) is 2. The third-order valence-electron chi connectivity index (χ3n) is 2.09. The van der Waals surface area contributed by atoms with E-state index in [1.165, 1.54) is 6.07 Å². The summed E-state index contributed by atoms with van der Waals surface area (Å²) in [5, 5.41) is 9.67. The maximum atomic E-state index is 10.8. The molecule has 0 saturated carbocycles. The lowest BCUT2D eigenvalue weighted by molar-refractivity contribution is 0.0698. The van der Waals surface area contributed by atoms with Gasteiger partial charge in [0.15, 0.2) is 0 Å². The van der Waals surface area contributed by atoms with Crippen molar-refractivity contribution in [2.45, 2.75) is 0 Å². The van der Waals surface area contributed by atoms with Crippen molar-refractivity contribution < 1.29 is 9.90 Å². The van der Waals surface area contributed by atoms with Crippen molar-refractivity contribution in [1.29, 1.82) is 0 Å². The zero-order chi connectivity index (χ0) is 11.0. The summed E-state index contributed by atoms with van der Waals surface area (Å²) in [4.78, 5) is 14.9. The smallest absolute Gasteiger partial charge is 0.337 e. The molecule has 0 saturated heterocycles. The molecule has 0 unspecified atom stereocenters. The van der Waals surface area contributed by atoms with Crippen LogP contribution in [0.3, 0.4) is 0 Å². The van der Waals surface area contributed by atoms with Gasteiger partial charge < -0.3 is 10.8 Å². The van der Waals surface area contributed by atoms with Gasteiger partial charge in [-0.15, -0.1) is 0 Å². The summed E-state index contributed by atoms with van der Waals surface area (Å²) < 4.78 is 0.831. The van der Waals surface area contributed by atoms with E-state index in [0.717, 1.165) is 9.86 Å². The van der Waals surface area contributed by atoms with Crippen LogP contribution in [-0.4, -0.2) is 16.1 Å². The number of aromatic nitrogens is 1. The molecule has 1 aromatic carbocycles. The predicted molar refractivity (Wildman–Crippen MR) is 60.8 cm³/mol. The molecule has 0 radical (unpaired) electrons. The number of anilines is 1. The molecular formula is C10H7BrN2O2. The highest BCUT2D eigenvalue weighted by Gasteiger charge is 2.11. The number of nitrogens with two attached hydrogens (primary N) is 1. The minimum Gasteiger partial charge on any atom is -0.478 e. The lowest BCUT2D eigenvalue weighted by Crippen LogP contribution is -2.03.